The molecule has 0 bridgehead atoms. The van der Waals surface area contributed by atoms with Gasteiger partial charge in [0.1, 0.15) is 0 Å². The Bertz CT molecular complexity index is 351. The van der Waals surface area contributed by atoms with Gasteiger partial charge in [0.2, 0.25) is 5.91 Å². The van der Waals surface area contributed by atoms with Crippen LogP contribution in [0.15, 0.2) is 11.6 Å². The predicted octanol–water partition coefficient (Wildman–Crippen LogP) is 1.98. The molecule has 18 heavy (non-hydrogen) atoms. The molecular formula is C13H23N3OS. The quantitative estimate of drug-likeness (QED) is 0.795. The van der Waals surface area contributed by atoms with Crippen LogP contribution in [0.3, 0.4) is 0 Å². The van der Waals surface area contributed by atoms with Crippen LogP contribution in [0.1, 0.15) is 38.1 Å². The average molecular weight is 269 g/mol. The number of nitrogens with zero attached hydrogens (tertiary/aromatic N) is 1. The highest BCUT2D eigenvalue weighted by molar-refractivity contribution is 7.09. The van der Waals surface area contributed by atoms with E-state index >= 15 is 0 Å². The third-order valence-corrected chi connectivity index (χ3v) is 3.87. The Kier molecular flexibility index (Phi) is 6.29. The molecule has 1 heterocycles. The highest BCUT2D eigenvalue weighted by Crippen LogP contribution is 2.17. The molecule has 2 unspecified atom stereocenters. The lowest BCUT2D eigenvalue weighted by Gasteiger charge is -2.18. The molecule has 1 aromatic rings. The van der Waals surface area contributed by atoms with Crippen molar-refractivity contribution in [1.29, 1.82) is 0 Å². The Balaban J connectivity index is 2.39. The fraction of sp³-hybridized carbons (Fsp3) is 0.692. The molecule has 1 amide bonds. The average Bonchev–Trinajstić information content (AvgIpc) is 2.86. The number of nitrogens with two attached hydrogens (primary N) is 1. The number of aromatic nitrogens is 1. The van der Waals surface area contributed by atoms with Crippen molar-refractivity contribution in [2.75, 3.05) is 13.1 Å². The second-order valence-electron chi connectivity index (χ2n) is 5.08. The molecule has 0 spiro atoms. The van der Waals surface area contributed by atoms with Gasteiger partial charge in [0.15, 0.2) is 0 Å². The fourth-order valence-electron chi connectivity index (χ4n) is 1.84. The second-order valence-corrected chi connectivity index (χ2v) is 6.00. The summed E-state index contributed by atoms with van der Waals surface area (Å²) in [5, 5.41) is 5.99. The second kappa shape index (κ2) is 7.48. The molecule has 3 N–H and O–H groups in total. The van der Waals surface area contributed by atoms with Gasteiger partial charge in [-0.05, 0) is 12.3 Å². The van der Waals surface area contributed by atoms with E-state index in [1.165, 1.54) is 0 Å². The van der Waals surface area contributed by atoms with Crippen LogP contribution in [-0.4, -0.2) is 24.0 Å². The van der Waals surface area contributed by atoms with E-state index in [9.17, 15) is 4.79 Å². The first-order valence-corrected chi connectivity index (χ1v) is 7.29. The van der Waals surface area contributed by atoms with Gasteiger partial charge in [-0.2, -0.15) is 0 Å². The summed E-state index contributed by atoms with van der Waals surface area (Å²) < 4.78 is 0. The molecule has 0 aromatic carbocycles. The maximum absolute atomic E-state index is 12.0. The molecular weight excluding hydrogens is 246 g/mol. The zero-order valence-electron chi connectivity index (χ0n) is 11.3. The summed E-state index contributed by atoms with van der Waals surface area (Å²) in [6.07, 6.45) is 2.63. The van der Waals surface area contributed by atoms with E-state index in [-0.39, 0.29) is 17.7 Å². The Hall–Kier alpha value is -0.940. The van der Waals surface area contributed by atoms with Gasteiger partial charge in [-0.3, -0.25) is 4.79 Å². The molecule has 0 saturated heterocycles. The molecule has 1 rings (SSSR count). The predicted molar refractivity (Wildman–Crippen MR) is 75.5 cm³/mol. The summed E-state index contributed by atoms with van der Waals surface area (Å²) in [5.41, 5.74) is 5.65. The topological polar surface area (TPSA) is 68.0 Å². The van der Waals surface area contributed by atoms with Crippen molar-refractivity contribution in [2.24, 2.45) is 17.6 Å². The van der Waals surface area contributed by atoms with Crippen molar-refractivity contribution in [3.63, 3.8) is 0 Å². The van der Waals surface area contributed by atoms with Crippen molar-refractivity contribution in [1.82, 2.24) is 10.3 Å². The summed E-state index contributed by atoms with van der Waals surface area (Å²) in [6, 6.07) is 0. The van der Waals surface area contributed by atoms with Gasteiger partial charge in [-0.1, -0.05) is 20.8 Å². The minimum Gasteiger partial charge on any atom is -0.355 e. The highest BCUT2D eigenvalue weighted by atomic mass is 32.1. The van der Waals surface area contributed by atoms with E-state index in [0.29, 0.717) is 19.0 Å². The van der Waals surface area contributed by atoms with Gasteiger partial charge in [0, 0.05) is 30.6 Å². The van der Waals surface area contributed by atoms with Crippen LogP contribution in [0.25, 0.3) is 0 Å². The largest absolute Gasteiger partial charge is 0.355 e. The summed E-state index contributed by atoms with van der Waals surface area (Å²) in [5.74, 6) is 0.732. The van der Waals surface area contributed by atoms with E-state index in [1.807, 2.05) is 5.38 Å². The molecule has 0 aliphatic heterocycles. The van der Waals surface area contributed by atoms with Gasteiger partial charge >= 0.3 is 0 Å². The summed E-state index contributed by atoms with van der Waals surface area (Å²) in [7, 11) is 0. The van der Waals surface area contributed by atoms with E-state index in [2.05, 4.69) is 31.1 Å². The first-order valence-electron chi connectivity index (χ1n) is 6.41. The Labute approximate surface area is 113 Å². The summed E-state index contributed by atoms with van der Waals surface area (Å²) in [4.78, 5) is 16.2. The minimum atomic E-state index is -0.0755. The standard InChI is InChI=1S/C13H23N3OS/c1-9(2)6-11(7-14)12(17)16-8-10(3)13-15-4-5-18-13/h4-5,9-11H,6-8,14H2,1-3H3,(H,16,17). The van der Waals surface area contributed by atoms with Crippen molar-refractivity contribution in [2.45, 2.75) is 33.1 Å². The number of carbonyl (C=O) groups is 1. The van der Waals surface area contributed by atoms with Crippen molar-refractivity contribution < 1.29 is 4.79 Å². The number of rotatable bonds is 7. The van der Waals surface area contributed by atoms with E-state index in [1.54, 1.807) is 17.5 Å². The monoisotopic (exact) mass is 269 g/mol. The van der Waals surface area contributed by atoms with Crippen LogP contribution < -0.4 is 11.1 Å². The number of nitrogens with one attached hydrogen (secondary N) is 1. The van der Waals surface area contributed by atoms with Crippen LogP contribution in [0.2, 0.25) is 0 Å². The highest BCUT2D eigenvalue weighted by Gasteiger charge is 2.19. The fourth-order valence-corrected chi connectivity index (χ4v) is 2.54. The Morgan fingerprint density at radius 3 is 2.72 bits per heavy atom. The summed E-state index contributed by atoms with van der Waals surface area (Å²) >= 11 is 1.62. The van der Waals surface area contributed by atoms with Crippen LogP contribution in [0.4, 0.5) is 0 Å². The molecule has 0 fully saturated rings. The maximum Gasteiger partial charge on any atom is 0.224 e. The van der Waals surface area contributed by atoms with E-state index in [0.717, 1.165) is 11.4 Å². The van der Waals surface area contributed by atoms with Crippen LogP contribution in [0.5, 0.6) is 0 Å². The third kappa shape index (κ3) is 4.74. The number of carbonyl (C=O) groups excluding carboxylic acids is 1. The minimum absolute atomic E-state index is 0.0645. The normalized spacial score (nSPS) is 14.5. The number of hydrogen-bond donors (Lipinski definition) is 2. The lowest BCUT2D eigenvalue weighted by atomic mass is 9.96. The first-order chi connectivity index (χ1) is 8.54. The van der Waals surface area contributed by atoms with Gasteiger partial charge in [-0.25, -0.2) is 4.98 Å². The first kappa shape index (κ1) is 15.1. The van der Waals surface area contributed by atoms with E-state index < -0.39 is 0 Å². The van der Waals surface area contributed by atoms with Crippen molar-refractivity contribution >= 4 is 17.2 Å². The SMILES string of the molecule is CC(C)CC(CN)C(=O)NCC(C)c1nccs1. The van der Waals surface area contributed by atoms with Crippen molar-refractivity contribution in [3.8, 4) is 0 Å². The summed E-state index contributed by atoms with van der Waals surface area (Å²) in [6.45, 7) is 7.32. The molecule has 0 aliphatic rings. The van der Waals surface area contributed by atoms with Gasteiger partial charge in [-0.15, -0.1) is 11.3 Å². The van der Waals surface area contributed by atoms with Crippen LogP contribution >= 0.6 is 11.3 Å². The number of thiazole rings is 1. The van der Waals surface area contributed by atoms with Crippen molar-refractivity contribution in [3.05, 3.63) is 16.6 Å². The van der Waals surface area contributed by atoms with Gasteiger partial charge < -0.3 is 11.1 Å². The maximum atomic E-state index is 12.0. The third-order valence-electron chi connectivity index (χ3n) is 2.87. The zero-order valence-corrected chi connectivity index (χ0v) is 12.2. The Morgan fingerprint density at radius 1 is 1.50 bits per heavy atom. The lowest BCUT2D eigenvalue weighted by molar-refractivity contribution is -0.125. The molecule has 5 heteroatoms. The molecule has 1 aromatic heterocycles. The molecule has 102 valence electrons. The number of hydrogen-bond acceptors (Lipinski definition) is 4. The van der Waals surface area contributed by atoms with Crippen LogP contribution in [-0.2, 0) is 4.79 Å². The molecule has 0 saturated carbocycles. The van der Waals surface area contributed by atoms with Crippen LogP contribution in [0, 0.1) is 11.8 Å². The lowest BCUT2D eigenvalue weighted by Crippen LogP contribution is -2.37. The molecule has 2 atom stereocenters. The zero-order chi connectivity index (χ0) is 13.5. The van der Waals surface area contributed by atoms with E-state index in [4.69, 9.17) is 5.73 Å². The number of amides is 1. The van der Waals surface area contributed by atoms with Gasteiger partial charge in [0.05, 0.1) is 10.9 Å². The smallest absolute Gasteiger partial charge is 0.224 e. The van der Waals surface area contributed by atoms with Gasteiger partial charge in [0.25, 0.3) is 0 Å². The molecule has 0 aliphatic carbocycles. The molecule has 4 nitrogen and oxygen atoms in total. The Morgan fingerprint density at radius 2 is 2.22 bits per heavy atom. The molecule has 0 radical (unpaired) electrons.